The molecule has 2 rings (SSSR count). The summed E-state index contributed by atoms with van der Waals surface area (Å²) in [6, 6.07) is 6.65. The Balaban J connectivity index is 0.000000612. The third-order valence-corrected chi connectivity index (χ3v) is 3.32. The van der Waals surface area contributed by atoms with Gasteiger partial charge < -0.3 is 0 Å². The first-order valence-corrected chi connectivity index (χ1v) is 7.20. The Morgan fingerprint density at radius 3 is 2.20 bits per heavy atom. The lowest BCUT2D eigenvalue weighted by molar-refractivity contribution is -0.191. The van der Waals surface area contributed by atoms with Gasteiger partial charge in [-0.2, -0.15) is 25.0 Å². The first-order valence-electron chi connectivity index (χ1n) is 5.30. The van der Waals surface area contributed by atoms with E-state index in [9.17, 15) is 8.42 Å². The molecule has 0 unspecified atom stereocenters. The van der Waals surface area contributed by atoms with Crippen LogP contribution in [0.3, 0.4) is 0 Å². The molecule has 0 atom stereocenters. The number of benzene rings is 1. The summed E-state index contributed by atoms with van der Waals surface area (Å²) in [5.41, 5.74) is 1.62. The van der Waals surface area contributed by atoms with Crippen molar-refractivity contribution in [1.29, 1.82) is 0 Å². The number of aromatic nitrogens is 3. The van der Waals surface area contributed by atoms with E-state index >= 15 is 0 Å². The van der Waals surface area contributed by atoms with Crippen molar-refractivity contribution >= 4 is 28.1 Å². The highest BCUT2D eigenvalue weighted by atomic mass is 32.2. The van der Waals surface area contributed by atoms with E-state index in [0.29, 0.717) is 4.90 Å². The van der Waals surface area contributed by atoms with Crippen LogP contribution in [0.15, 0.2) is 35.4 Å². The summed E-state index contributed by atoms with van der Waals surface area (Å²) in [7, 11) is -3.13. The van der Waals surface area contributed by atoms with Crippen molar-refractivity contribution in [3.63, 3.8) is 0 Å². The minimum Gasteiger partial charge on any atom is -0.224 e. The Kier molecular flexibility index (Phi) is 5.52. The summed E-state index contributed by atoms with van der Waals surface area (Å²) in [6.45, 7) is 0. The molecule has 0 radical (unpaired) electrons. The summed E-state index contributed by atoms with van der Waals surface area (Å²) in [5.74, 6) is 0. The number of sulfone groups is 1. The van der Waals surface area contributed by atoms with E-state index in [1.54, 1.807) is 36.5 Å². The highest BCUT2D eigenvalue weighted by molar-refractivity contribution is 7.90. The number of rotatable bonds is 3. The smallest absolute Gasteiger partial charge is 0.224 e. The molecule has 1 N–H and O–H groups in total. The van der Waals surface area contributed by atoms with E-state index in [2.05, 4.69) is 15.4 Å². The van der Waals surface area contributed by atoms with Gasteiger partial charge in [0.15, 0.2) is 9.84 Å². The van der Waals surface area contributed by atoms with Crippen molar-refractivity contribution in [2.24, 2.45) is 0 Å². The second kappa shape index (κ2) is 7.13. The van der Waals surface area contributed by atoms with E-state index < -0.39 is 9.84 Å². The summed E-state index contributed by atoms with van der Waals surface area (Å²) in [4.78, 5) is 16.6. The van der Waals surface area contributed by atoms with E-state index in [1.165, 1.54) is 6.26 Å². The highest BCUT2D eigenvalue weighted by Crippen LogP contribution is 2.12. The third kappa shape index (κ3) is 4.97. The molecule has 0 amide bonds. The summed E-state index contributed by atoms with van der Waals surface area (Å²) < 4.78 is 22.5. The lowest BCUT2D eigenvalue weighted by Gasteiger charge is -1.98. The molecule has 104 valence electrons. The van der Waals surface area contributed by atoms with Crippen LogP contribution in [0.4, 0.5) is 0 Å². The van der Waals surface area contributed by atoms with E-state index in [-0.39, 0.29) is 6.15 Å². The molecule has 0 fully saturated rings. The normalized spacial score (nSPS) is 10.7. The predicted molar refractivity (Wildman–Crippen MR) is 69.9 cm³/mol. The maximum absolute atomic E-state index is 11.2. The average Bonchev–Trinajstić information content (AvgIpc) is 2.90. The number of aromatic amines is 1. The van der Waals surface area contributed by atoms with Crippen molar-refractivity contribution in [2.45, 2.75) is 4.90 Å². The van der Waals surface area contributed by atoms with Crippen molar-refractivity contribution < 1.29 is 18.0 Å². The van der Waals surface area contributed by atoms with Gasteiger partial charge in [0.25, 0.3) is 0 Å². The molecule has 0 aliphatic rings. The predicted octanol–water partition coefficient (Wildman–Crippen LogP) is 0.795. The maximum Gasteiger partial charge on any atom is 0.373 e. The minimum atomic E-state index is -3.13. The molecule has 8 heteroatoms. The number of H-pyrrole nitrogens is 1. The fraction of sp³-hybridized carbons (Fsp3) is 0.0833. The van der Waals surface area contributed by atoms with Crippen LogP contribution in [-0.4, -0.2) is 36.2 Å². The van der Waals surface area contributed by atoms with E-state index in [4.69, 9.17) is 9.59 Å². The standard InChI is InChI=1S/C11H11N3O2S.CO2/c1-17(15,16)11-6-3-9(4-7-11)2-5-10-8-12-14-13-10;2-1-3/h2-8H,1H3,(H,12,13,14);. The zero-order valence-corrected chi connectivity index (χ0v) is 11.3. The van der Waals surface area contributed by atoms with Crippen LogP contribution in [0.5, 0.6) is 0 Å². The fourth-order valence-electron chi connectivity index (χ4n) is 1.30. The highest BCUT2D eigenvalue weighted by Gasteiger charge is 2.04. The van der Waals surface area contributed by atoms with Gasteiger partial charge in [-0.1, -0.05) is 18.2 Å². The van der Waals surface area contributed by atoms with Gasteiger partial charge in [-0.05, 0) is 23.8 Å². The van der Waals surface area contributed by atoms with Gasteiger partial charge in [0.1, 0.15) is 5.69 Å². The van der Waals surface area contributed by atoms with Crippen LogP contribution in [0.1, 0.15) is 11.3 Å². The first-order chi connectivity index (χ1) is 9.47. The molecule has 1 aromatic heterocycles. The molecule has 0 bridgehead atoms. The van der Waals surface area contributed by atoms with Gasteiger partial charge in [-0.15, -0.1) is 0 Å². The van der Waals surface area contributed by atoms with Gasteiger partial charge in [0.2, 0.25) is 0 Å². The molecule has 0 aliphatic carbocycles. The Hall–Kier alpha value is -2.57. The molecule has 20 heavy (non-hydrogen) atoms. The zero-order valence-electron chi connectivity index (χ0n) is 10.5. The number of hydrogen-bond acceptors (Lipinski definition) is 6. The topological polar surface area (TPSA) is 110 Å². The SMILES string of the molecule is CS(=O)(=O)c1ccc(C=Cc2cn[nH]n2)cc1.O=C=O. The summed E-state index contributed by atoms with van der Waals surface area (Å²) in [5, 5.41) is 10.0. The van der Waals surface area contributed by atoms with Crippen molar-refractivity contribution in [3.8, 4) is 0 Å². The van der Waals surface area contributed by atoms with Crippen LogP contribution in [0, 0.1) is 0 Å². The Morgan fingerprint density at radius 2 is 1.75 bits per heavy atom. The summed E-state index contributed by atoms with van der Waals surface area (Å²) in [6.07, 6.45) is 6.66. The van der Waals surface area contributed by atoms with Crippen LogP contribution < -0.4 is 0 Å². The lowest BCUT2D eigenvalue weighted by atomic mass is 10.2. The van der Waals surface area contributed by atoms with Gasteiger partial charge in [0, 0.05) is 6.26 Å². The lowest BCUT2D eigenvalue weighted by Crippen LogP contribution is -1.95. The summed E-state index contributed by atoms with van der Waals surface area (Å²) >= 11 is 0. The van der Waals surface area contributed by atoms with Crippen LogP contribution in [0.2, 0.25) is 0 Å². The van der Waals surface area contributed by atoms with Gasteiger partial charge >= 0.3 is 6.15 Å². The third-order valence-electron chi connectivity index (χ3n) is 2.19. The van der Waals surface area contributed by atoms with Crippen molar-refractivity contribution in [3.05, 3.63) is 41.7 Å². The van der Waals surface area contributed by atoms with E-state index in [0.717, 1.165) is 11.3 Å². The molecule has 7 nitrogen and oxygen atoms in total. The van der Waals surface area contributed by atoms with Crippen LogP contribution in [0.25, 0.3) is 12.2 Å². The van der Waals surface area contributed by atoms with Crippen molar-refractivity contribution in [2.75, 3.05) is 6.26 Å². The number of nitrogens with one attached hydrogen (secondary N) is 1. The molecule has 0 spiro atoms. The Labute approximate surface area is 115 Å². The Bertz CT molecular complexity index is 698. The number of carbonyl (C=O) groups excluding carboxylic acids is 2. The number of hydrogen-bond donors (Lipinski definition) is 1. The average molecular weight is 293 g/mol. The Morgan fingerprint density at radius 1 is 1.15 bits per heavy atom. The van der Waals surface area contributed by atoms with Crippen molar-refractivity contribution in [1.82, 2.24) is 15.4 Å². The molecule has 0 saturated carbocycles. The maximum atomic E-state index is 11.2. The second-order valence-electron chi connectivity index (χ2n) is 3.65. The van der Waals surface area contributed by atoms with Crippen LogP contribution in [-0.2, 0) is 19.4 Å². The number of nitrogens with zero attached hydrogens (tertiary/aromatic N) is 2. The molecule has 0 saturated heterocycles. The second-order valence-corrected chi connectivity index (χ2v) is 5.67. The fourth-order valence-corrected chi connectivity index (χ4v) is 1.93. The zero-order chi connectivity index (χ0) is 15.0. The quantitative estimate of drug-likeness (QED) is 0.896. The molecule has 1 aromatic carbocycles. The first kappa shape index (κ1) is 15.5. The molecule has 2 aromatic rings. The van der Waals surface area contributed by atoms with Gasteiger partial charge in [0.05, 0.1) is 11.1 Å². The van der Waals surface area contributed by atoms with Gasteiger partial charge in [-0.3, -0.25) is 0 Å². The molecule has 0 aliphatic heterocycles. The molecular formula is C12H11N3O4S. The van der Waals surface area contributed by atoms with E-state index in [1.807, 2.05) is 6.08 Å². The minimum absolute atomic E-state index is 0.250. The largest absolute Gasteiger partial charge is 0.373 e. The molecular weight excluding hydrogens is 282 g/mol. The molecule has 1 heterocycles. The monoisotopic (exact) mass is 293 g/mol. The van der Waals surface area contributed by atoms with Crippen LogP contribution >= 0.6 is 0 Å². The van der Waals surface area contributed by atoms with Gasteiger partial charge in [-0.25, -0.2) is 8.42 Å².